The largest absolute Gasteiger partial charge is 0.324 e. The summed E-state index contributed by atoms with van der Waals surface area (Å²) < 4.78 is 14.6. The minimum Gasteiger partial charge on any atom is -0.324 e. The van der Waals surface area contributed by atoms with Crippen molar-refractivity contribution in [2.75, 3.05) is 31.5 Å². The summed E-state index contributed by atoms with van der Waals surface area (Å²) >= 11 is 5.27. The van der Waals surface area contributed by atoms with E-state index in [9.17, 15) is 9.18 Å². The molecule has 0 spiro atoms. The van der Waals surface area contributed by atoms with E-state index in [1.807, 2.05) is 13.8 Å². The first-order valence-corrected chi connectivity index (χ1v) is 10.3. The summed E-state index contributed by atoms with van der Waals surface area (Å²) in [6, 6.07) is 8.44. The Kier molecular flexibility index (Phi) is 6.45. The van der Waals surface area contributed by atoms with Crippen LogP contribution < -0.4 is 5.32 Å². The van der Waals surface area contributed by atoms with Crippen LogP contribution in [0.4, 0.5) is 10.1 Å². The first-order chi connectivity index (χ1) is 12.4. The highest BCUT2D eigenvalue weighted by Crippen LogP contribution is 2.24. The van der Waals surface area contributed by atoms with Gasteiger partial charge in [0, 0.05) is 43.3 Å². The Morgan fingerprint density at radius 3 is 2.65 bits per heavy atom. The number of benzene rings is 1. The van der Waals surface area contributed by atoms with Gasteiger partial charge in [0.1, 0.15) is 5.82 Å². The van der Waals surface area contributed by atoms with E-state index in [0.29, 0.717) is 5.69 Å². The first-order valence-electron chi connectivity index (χ1n) is 8.70. The molecule has 1 unspecified atom stereocenters. The maximum Gasteiger partial charge on any atom is 0.241 e. The van der Waals surface area contributed by atoms with Crippen molar-refractivity contribution in [1.82, 2.24) is 9.80 Å². The standard InChI is InChI=1S/C19H23BrFN3OS/c1-13-3-4-15(21)11-17(13)22-19(25)14(2)24-9-7-23(8-10-24)12-16-5-6-18(20)26-16/h3-6,11,14H,7-10,12H2,1-2H3,(H,22,25). The third-order valence-electron chi connectivity index (χ3n) is 4.80. The van der Waals surface area contributed by atoms with Crippen LogP contribution in [0, 0.1) is 12.7 Å². The summed E-state index contributed by atoms with van der Waals surface area (Å²) in [6.07, 6.45) is 0. The highest BCUT2D eigenvalue weighted by atomic mass is 79.9. The topological polar surface area (TPSA) is 35.6 Å². The normalized spacial score (nSPS) is 17.2. The molecule has 1 fully saturated rings. The summed E-state index contributed by atoms with van der Waals surface area (Å²) in [4.78, 5) is 18.5. The Hall–Kier alpha value is -1.28. The van der Waals surface area contributed by atoms with Crippen LogP contribution in [-0.4, -0.2) is 47.9 Å². The van der Waals surface area contributed by atoms with E-state index in [-0.39, 0.29) is 17.8 Å². The van der Waals surface area contributed by atoms with Crippen molar-refractivity contribution >= 4 is 38.9 Å². The summed E-state index contributed by atoms with van der Waals surface area (Å²) in [7, 11) is 0. The second-order valence-corrected chi connectivity index (χ2v) is 9.19. The van der Waals surface area contributed by atoms with Gasteiger partial charge in [-0.2, -0.15) is 0 Å². The smallest absolute Gasteiger partial charge is 0.241 e. The van der Waals surface area contributed by atoms with Crippen molar-refractivity contribution in [3.8, 4) is 0 Å². The number of anilines is 1. The molecule has 0 bridgehead atoms. The molecule has 1 aliphatic rings. The van der Waals surface area contributed by atoms with E-state index in [4.69, 9.17) is 0 Å². The van der Waals surface area contributed by atoms with Crippen LogP contribution in [0.2, 0.25) is 0 Å². The molecular weight excluding hydrogens is 417 g/mol. The lowest BCUT2D eigenvalue weighted by molar-refractivity contribution is -0.121. The first kappa shape index (κ1) is 19.5. The van der Waals surface area contributed by atoms with E-state index in [1.54, 1.807) is 17.4 Å². The molecular formula is C19H23BrFN3OS. The number of thiophene rings is 1. The third kappa shape index (κ3) is 4.91. The Labute approximate surface area is 166 Å². The Morgan fingerprint density at radius 2 is 2.00 bits per heavy atom. The van der Waals surface area contributed by atoms with E-state index < -0.39 is 0 Å². The highest BCUT2D eigenvalue weighted by molar-refractivity contribution is 9.11. The number of nitrogens with zero attached hydrogens (tertiary/aromatic N) is 2. The summed E-state index contributed by atoms with van der Waals surface area (Å²) in [5.41, 5.74) is 1.41. The van der Waals surface area contributed by atoms with Crippen LogP contribution in [-0.2, 0) is 11.3 Å². The Morgan fingerprint density at radius 1 is 1.27 bits per heavy atom. The van der Waals surface area contributed by atoms with Crippen LogP contribution in [0.3, 0.4) is 0 Å². The number of carbonyl (C=O) groups is 1. The summed E-state index contributed by atoms with van der Waals surface area (Å²) in [5.74, 6) is -0.429. The number of amides is 1. The lowest BCUT2D eigenvalue weighted by Crippen LogP contribution is -2.52. The summed E-state index contributed by atoms with van der Waals surface area (Å²) in [6.45, 7) is 8.30. The number of aryl methyl sites for hydroxylation is 1. The molecule has 4 nitrogen and oxygen atoms in total. The molecule has 1 atom stereocenters. The van der Waals surface area contributed by atoms with Gasteiger partial charge in [0.2, 0.25) is 5.91 Å². The maximum absolute atomic E-state index is 13.4. The van der Waals surface area contributed by atoms with Gasteiger partial charge in [0.25, 0.3) is 0 Å². The molecule has 2 aromatic rings. The zero-order chi connectivity index (χ0) is 18.7. The van der Waals surface area contributed by atoms with Gasteiger partial charge in [0.05, 0.1) is 9.83 Å². The number of piperazine rings is 1. The Bertz CT molecular complexity index is 774. The number of rotatable bonds is 5. The Balaban J connectivity index is 1.51. The molecule has 1 N–H and O–H groups in total. The van der Waals surface area contributed by atoms with Crippen LogP contribution in [0.25, 0.3) is 0 Å². The van der Waals surface area contributed by atoms with Crippen molar-refractivity contribution in [1.29, 1.82) is 0 Å². The van der Waals surface area contributed by atoms with Crippen molar-refractivity contribution in [2.24, 2.45) is 0 Å². The van der Waals surface area contributed by atoms with Crippen molar-refractivity contribution < 1.29 is 9.18 Å². The lowest BCUT2D eigenvalue weighted by Gasteiger charge is -2.37. The molecule has 7 heteroatoms. The van der Waals surface area contributed by atoms with Crippen LogP contribution >= 0.6 is 27.3 Å². The van der Waals surface area contributed by atoms with E-state index >= 15 is 0 Å². The SMILES string of the molecule is Cc1ccc(F)cc1NC(=O)C(C)N1CCN(Cc2ccc(Br)s2)CC1. The fourth-order valence-electron chi connectivity index (χ4n) is 3.10. The zero-order valence-electron chi connectivity index (χ0n) is 15.0. The van der Waals surface area contributed by atoms with Gasteiger partial charge in [0.15, 0.2) is 0 Å². The fraction of sp³-hybridized carbons (Fsp3) is 0.421. The predicted octanol–water partition coefficient (Wildman–Crippen LogP) is 4.10. The number of hydrogen-bond acceptors (Lipinski definition) is 4. The fourth-order valence-corrected chi connectivity index (χ4v) is 4.62. The number of carbonyl (C=O) groups excluding carboxylic acids is 1. The van der Waals surface area contributed by atoms with Crippen LogP contribution in [0.5, 0.6) is 0 Å². The molecule has 1 amide bonds. The van der Waals surface area contributed by atoms with Crippen molar-refractivity contribution in [3.63, 3.8) is 0 Å². The van der Waals surface area contributed by atoms with Crippen molar-refractivity contribution in [2.45, 2.75) is 26.4 Å². The maximum atomic E-state index is 13.4. The van der Waals surface area contributed by atoms with E-state index in [2.05, 4.69) is 43.2 Å². The molecule has 26 heavy (non-hydrogen) atoms. The number of hydrogen-bond donors (Lipinski definition) is 1. The molecule has 2 heterocycles. The molecule has 1 aromatic heterocycles. The molecule has 0 radical (unpaired) electrons. The zero-order valence-corrected chi connectivity index (χ0v) is 17.4. The van der Waals surface area contributed by atoms with E-state index in [1.165, 1.54) is 17.0 Å². The van der Waals surface area contributed by atoms with Gasteiger partial charge >= 0.3 is 0 Å². The quantitative estimate of drug-likeness (QED) is 0.761. The number of nitrogens with one attached hydrogen (secondary N) is 1. The van der Waals surface area contributed by atoms with Gasteiger partial charge in [-0.3, -0.25) is 14.6 Å². The van der Waals surface area contributed by atoms with Gasteiger partial charge in [-0.15, -0.1) is 11.3 Å². The van der Waals surface area contributed by atoms with Gasteiger partial charge in [-0.1, -0.05) is 6.07 Å². The monoisotopic (exact) mass is 439 g/mol. The summed E-state index contributed by atoms with van der Waals surface area (Å²) in [5, 5.41) is 2.86. The minimum atomic E-state index is -0.340. The lowest BCUT2D eigenvalue weighted by atomic mass is 10.1. The average Bonchev–Trinajstić information content (AvgIpc) is 3.03. The molecule has 140 valence electrons. The highest BCUT2D eigenvalue weighted by Gasteiger charge is 2.26. The van der Waals surface area contributed by atoms with Crippen molar-refractivity contribution in [3.05, 3.63) is 50.4 Å². The van der Waals surface area contributed by atoms with Gasteiger partial charge in [-0.25, -0.2) is 4.39 Å². The average molecular weight is 440 g/mol. The van der Waals surface area contributed by atoms with E-state index in [0.717, 1.165) is 42.1 Å². The third-order valence-corrected chi connectivity index (χ3v) is 6.41. The molecule has 0 aliphatic carbocycles. The second kappa shape index (κ2) is 8.61. The molecule has 1 aromatic carbocycles. The molecule has 1 saturated heterocycles. The van der Waals surface area contributed by atoms with Gasteiger partial charge in [-0.05, 0) is 59.6 Å². The van der Waals surface area contributed by atoms with Crippen LogP contribution in [0.1, 0.15) is 17.4 Å². The number of halogens is 2. The predicted molar refractivity (Wildman–Crippen MR) is 108 cm³/mol. The minimum absolute atomic E-state index is 0.0886. The molecule has 0 saturated carbocycles. The van der Waals surface area contributed by atoms with Gasteiger partial charge < -0.3 is 5.32 Å². The molecule has 1 aliphatic heterocycles. The molecule has 3 rings (SSSR count). The second-order valence-electron chi connectivity index (χ2n) is 6.64. The van der Waals surface area contributed by atoms with Crippen LogP contribution in [0.15, 0.2) is 34.1 Å².